The Labute approximate surface area is 235 Å². The molecule has 0 fully saturated rings. The van der Waals surface area contributed by atoms with Crippen molar-refractivity contribution in [3.8, 4) is 17.2 Å². The molecule has 1 atom stereocenters. The van der Waals surface area contributed by atoms with Gasteiger partial charge < -0.3 is 19.1 Å². The fourth-order valence-corrected chi connectivity index (χ4v) is 5.14. The monoisotopic (exact) mass is 631 g/mol. The summed E-state index contributed by atoms with van der Waals surface area (Å²) >= 11 is 7.23. The van der Waals surface area contributed by atoms with Crippen molar-refractivity contribution in [1.29, 1.82) is 0 Å². The Morgan fingerprint density at radius 2 is 1.59 bits per heavy atom. The maximum atomic E-state index is 13.5. The van der Waals surface area contributed by atoms with Crippen LogP contribution in [0.1, 0.15) is 49.5 Å². The topological polar surface area (TPSA) is 65.1 Å². The zero-order chi connectivity index (χ0) is 27.1. The van der Waals surface area contributed by atoms with E-state index in [0.29, 0.717) is 31.7 Å². The summed E-state index contributed by atoms with van der Waals surface area (Å²) in [6.07, 6.45) is 0. The highest BCUT2D eigenvalue weighted by molar-refractivity contribution is 9.11. The van der Waals surface area contributed by atoms with Crippen molar-refractivity contribution in [1.82, 2.24) is 0 Å². The third-order valence-electron chi connectivity index (χ3n) is 5.75. The van der Waals surface area contributed by atoms with E-state index in [-0.39, 0.29) is 30.9 Å². The SMILES string of the molecule is CCOC(=O)C(C)CN(C(=O)c1ccccc1)c1cc(Br)c(Oc2ccc(OC)c(C(C)C)c2)c(Br)c1. The molecule has 8 heteroatoms. The average Bonchev–Trinajstić information content (AvgIpc) is 2.89. The highest BCUT2D eigenvalue weighted by Crippen LogP contribution is 2.42. The van der Waals surface area contributed by atoms with Crippen molar-refractivity contribution < 1.29 is 23.8 Å². The molecular formula is C29H31Br2NO5. The van der Waals surface area contributed by atoms with Gasteiger partial charge in [0, 0.05) is 23.4 Å². The minimum absolute atomic E-state index is 0.155. The van der Waals surface area contributed by atoms with Crippen LogP contribution in [0.3, 0.4) is 0 Å². The lowest BCUT2D eigenvalue weighted by molar-refractivity contribution is -0.146. The van der Waals surface area contributed by atoms with E-state index < -0.39 is 5.92 Å². The number of methoxy groups -OCH3 is 1. The van der Waals surface area contributed by atoms with Crippen LogP contribution < -0.4 is 14.4 Å². The van der Waals surface area contributed by atoms with Crippen LogP contribution >= 0.6 is 31.9 Å². The molecule has 0 aliphatic carbocycles. The quantitative estimate of drug-likeness (QED) is 0.212. The van der Waals surface area contributed by atoms with E-state index in [0.717, 1.165) is 11.3 Å². The van der Waals surface area contributed by atoms with Gasteiger partial charge in [-0.15, -0.1) is 0 Å². The van der Waals surface area contributed by atoms with Gasteiger partial charge in [0.25, 0.3) is 5.91 Å². The number of hydrogen-bond acceptors (Lipinski definition) is 5. The molecule has 0 radical (unpaired) electrons. The summed E-state index contributed by atoms with van der Waals surface area (Å²) in [7, 11) is 1.65. The van der Waals surface area contributed by atoms with E-state index in [2.05, 4.69) is 45.7 Å². The molecule has 0 bridgehead atoms. The van der Waals surface area contributed by atoms with Gasteiger partial charge in [0.1, 0.15) is 11.5 Å². The maximum Gasteiger partial charge on any atom is 0.310 e. The first-order chi connectivity index (χ1) is 17.7. The predicted molar refractivity (Wildman–Crippen MR) is 153 cm³/mol. The molecule has 0 aromatic heterocycles. The number of esters is 1. The number of rotatable bonds is 10. The van der Waals surface area contributed by atoms with Gasteiger partial charge in [0.2, 0.25) is 0 Å². The van der Waals surface area contributed by atoms with Crippen molar-refractivity contribution in [2.75, 3.05) is 25.2 Å². The molecule has 0 saturated carbocycles. The third kappa shape index (κ3) is 7.14. The zero-order valence-corrected chi connectivity index (χ0v) is 24.8. The zero-order valence-electron chi connectivity index (χ0n) is 21.6. The van der Waals surface area contributed by atoms with Crippen molar-refractivity contribution >= 4 is 49.4 Å². The molecule has 0 heterocycles. The van der Waals surface area contributed by atoms with Crippen molar-refractivity contribution in [3.05, 3.63) is 80.7 Å². The number of amides is 1. The Bertz CT molecular complexity index is 1220. The second-order valence-electron chi connectivity index (χ2n) is 8.83. The second-order valence-corrected chi connectivity index (χ2v) is 10.5. The number of carbonyl (C=O) groups excluding carboxylic acids is 2. The molecule has 196 valence electrons. The second kappa shape index (κ2) is 13.1. The highest BCUT2D eigenvalue weighted by atomic mass is 79.9. The first-order valence-electron chi connectivity index (χ1n) is 12.0. The van der Waals surface area contributed by atoms with E-state index in [1.54, 1.807) is 38.0 Å². The molecule has 0 spiro atoms. The van der Waals surface area contributed by atoms with Crippen molar-refractivity contribution in [2.24, 2.45) is 5.92 Å². The van der Waals surface area contributed by atoms with Gasteiger partial charge in [-0.05, 0) is 87.2 Å². The molecule has 0 aliphatic rings. The number of halogens is 2. The lowest BCUT2D eigenvalue weighted by Gasteiger charge is -2.26. The number of hydrogen-bond donors (Lipinski definition) is 0. The largest absolute Gasteiger partial charge is 0.496 e. The smallest absolute Gasteiger partial charge is 0.310 e. The fourth-order valence-electron chi connectivity index (χ4n) is 3.82. The average molecular weight is 633 g/mol. The van der Waals surface area contributed by atoms with Gasteiger partial charge in [-0.25, -0.2) is 0 Å². The first-order valence-corrected chi connectivity index (χ1v) is 13.6. The van der Waals surface area contributed by atoms with Gasteiger partial charge in [-0.3, -0.25) is 9.59 Å². The Morgan fingerprint density at radius 3 is 2.16 bits per heavy atom. The summed E-state index contributed by atoms with van der Waals surface area (Å²) in [5, 5.41) is 0. The Hall–Kier alpha value is -2.84. The highest BCUT2D eigenvalue weighted by Gasteiger charge is 2.26. The Kier molecular flexibility index (Phi) is 10.2. The summed E-state index contributed by atoms with van der Waals surface area (Å²) in [5.41, 5.74) is 2.16. The molecular weight excluding hydrogens is 602 g/mol. The van der Waals surface area contributed by atoms with Crippen LogP contribution in [-0.4, -0.2) is 32.1 Å². The van der Waals surface area contributed by atoms with Crippen LogP contribution in [0, 0.1) is 5.92 Å². The number of carbonyl (C=O) groups is 2. The number of ether oxygens (including phenoxy) is 3. The summed E-state index contributed by atoms with van der Waals surface area (Å²) in [6, 6.07) is 18.3. The lowest BCUT2D eigenvalue weighted by atomic mass is 10.0. The summed E-state index contributed by atoms with van der Waals surface area (Å²) < 4.78 is 18.2. The third-order valence-corrected chi connectivity index (χ3v) is 6.93. The maximum absolute atomic E-state index is 13.5. The number of nitrogens with zero attached hydrogens (tertiary/aromatic N) is 1. The molecule has 1 amide bonds. The molecule has 1 unspecified atom stereocenters. The Morgan fingerprint density at radius 1 is 0.946 bits per heavy atom. The summed E-state index contributed by atoms with van der Waals surface area (Å²) in [6.45, 7) is 8.14. The van der Waals surface area contributed by atoms with Crippen LogP contribution in [-0.2, 0) is 9.53 Å². The van der Waals surface area contributed by atoms with Crippen molar-refractivity contribution in [2.45, 2.75) is 33.6 Å². The number of benzene rings is 3. The van der Waals surface area contributed by atoms with E-state index in [1.807, 2.05) is 48.5 Å². The minimum Gasteiger partial charge on any atom is -0.496 e. The molecule has 0 N–H and O–H groups in total. The van der Waals surface area contributed by atoms with Crippen LogP contribution in [0.15, 0.2) is 69.6 Å². The van der Waals surface area contributed by atoms with E-state index in [1.165, 1.54) is 0 Å². The normalized spacial score (nSPS) is 11.7. The predicted octanol–water partition coefficient (Wildman–Crippen LogP) is 7.98. The summed E-state index contributed by atoms with van der Waals surface area (Å²) in [4.78, 5) is 27.5. The van der Waals surface area contributed by atoms with E-state index >= 15 is 0 Å². The van der Waals surface area contributed by atoms with Crippen LogP contribution in [0.2, 0.25) is 0 Å². The Balaban J connectivity index is 1.97. The van der Waals surface area contributed by atoms with Gasteiger partial charge in [0.15, 0.2) is 5.75 Å². The molecule has 0 aliphatic heterocycles. The van der Waals surface area contributed by atoms with E-state index in [9.17, 15) is 9.59 Å². The molecule has 6 nitrogen and oxygen atoms in total. The minimum atomic E-state index is -0.519. The molecule has 37 heavy (non-hydrogen) atoms. The standard InChI is InChI=1S/C29H31Br2NO5/c1-6-36-29(34)19(4)17-32(28(33)20-10-8-7-9-11-20)21-14-24(30)27(25(31)15-21)37-22-12-13-26(35-5)23(16-22)18(2)3/h7-16,18-19H,6,17H2,1-5H3. The fraction of sp³-hybridized carbons (Fsp3) is 0.310. The molecule has 3 rings (SSSR count). The van der Waals surface area contributed by atoms with E-state index in [4.69, 9.17) is 14.2 Å². The van der Waals surface area contributed by atoms with Gasteiger partial charge in [-0.1, -0.05) is 39.0 Å². The van der Waals surface area contributed by atoms with Crippen LogP contribution in [0.4, 0.5) is 5.69 Å². The van der Waals surface area contributed by atoms with Crippen molar-refractivity contribution in [3.63, 3.8) is 0 Å². The number of anilines is 1. The molecule has 3 aromatic carbocycles. The van der Waals surface area contributed by atoms with Gasteiger partial charge in [0.05, 0.1) is 28.6 Å². The molecule has 0 saturated heterocycles. The molecule has 3 aromatic rings. The first kappa shape index (κ1) is 28.7. The lowest BCUT2D eigenvalue weighted by Crippen LogP contribution is -2.37. The summed E-state index contributed by atoms with van der Waals surface area (Å²) in [5.74, 6) is 1.19. The van der Waals surface area contributed by atoms with Crippen LogP contribution in [0.25, 0.3) is 0 Å². The van der Waals surface area contributed by atoms with Gasteiger partial charge in [-0.2, -0.15) is 0 Å². The van der Waals surface area contributed by atoms with Gasteiger partial charge >= 0.3 is 5.97 Å². The van der Waals surface area contributed by atoms with Crippen LogP contribution in [0.5, 0.6) is 17.2 Å².